The lowest BCUT2D eigenvalue weighted by atomic mass is 10.1. The Bertz CT molecular complexity index is 398. The Morgan fingerprint density at radius 3 is 2.58 bits per heavy atom. The molecule has 6 heteroatoms. The van der Waals surface area contributed by atoms with Crippen LogP contribution in [0.5, 0.6) is 11.5 Å². The van der Waals surface area contributed by atoms with Crippen LogP contribution in [0.4, 0.5) is 0 Å². The third kappa shape index (κ3) is 5.60. The van der Waals surface area contributed by atoms with Crippen LogP contribution in [0, 0.1) is 3.57 Å². The lowest BCUT2D eigenvalue weighted by Crippen LogP contribution is -2.20. The number of phenols is 1. The van der Waals surface area contributed by atoms with Gasteiger partial charge in [-0.2, -0.15) is 0 Å². The first-order valence-corrected chi connectivity index (χ1v) is 8.44. The maximum absolute atomic E-state index is 9.82. The van der Waals surface area contributed by atoms with Crippen LogP contribution in [-0.4, -0.2) is 43.1 Å². The number of aromatic hydroxyl groups is 1. The summed E-state index contributed by atoms with van der Waals surface area (Å²) in [5, 5.41) is 9.82. The number of rotatable bonds is 8. The van der Waals surface area contributed by atoms with Gasteiger partial charge in [0, 0.05) is 21.5 Å². The van der Waals surface area contributed by atoms with Crippen molar-refractivity contribution in [2.24, 2.45) is 0 Å². The van der Waals surface area contributed by atoms with Crippen molar-refractivity contribution in [1.29, 1.82) is 0 Å². The minimum atomic E-state index is 0.122. The third-order valence-electron chi connectivity index (χ3n) is 2.61. The molecule has 1 unspecified atom stereocenters. The van der Waals surface area contributed by atoms with Gasteiger partial charge >= 0.3 is 0 Å². The summed E-state index contributed by atoms with van der Waals surface area (Å²) in [6.45, 7) is 1.18. The van der Waals surface area contributed by atoms with Gasteiger partial charge < -0.3 is 19.3 Å². The van der Waals surface area contributed by atoms with E-state index in [0.29, 0.717) is 19.0 Å². The number of hydrogen-bond donors (Lipinski definition) is 1. The highest BCUT2D eigenvalue weighted by Crippen LogP contribution is 2.31. The van der Waals surface area contributed by atoms with Gasteiger partial charge in [-0.3, -0.25) is 0 Å². The van der Waals surface area contributed by atoms with Crippen LogP contribution in [0.15, 0.2) is 12.1 Å². The maximum atomic E-state index is 9.82. The summed E-state index contributed by atoms with van der Waals surface area (Å²) >= 11 is 4.55. The lowest BCUT2D eigenvalue weighted by Gasteiger charge is -2.17. The van der Waals surface area contributed by atoms with Crippen molar-refractivity contribution in [3.63, 3.8) is 0 Å². The number of halogens is 2. The van der Waals surface area contributed by atoms with E-state index in [0.717, 1.165) is 20.0 Å². The first-order valence-electron chi connectivity index (χ1n) is 5.84. The van der Waals surface area contributed by atoms with E-state index in [1.807, 2.05) is 6.07 Å². The predicted octanol–water partition coefficient (Wildman–Crippen LogP) is 3.01. The van der Waals surface area contributed by atoms with Crippen LogP contribution in [0.2, 0.25) is 0 Å². The summed E-state index contributed by atoms with van der Waals surface area (Å²) in [6, 6.07) is 3.59. The van der Waals surface area contributed by atoms with Gasteiger partial charge in [0.15, 0.2) is 11.5 Å². The normalized spacial score (nSPS) is 12.4. The van der Waals surface area contributed by atoms with Crippen molar-refractivity contribution in [3.05, 3.63) is 21.3 Å². The Hall–Kier alpha value is 0.200. The van der Waals surface area contributed by atoms with E-state index >= 15 is 0 Å². The second-order valence-electron chi connectivity index (χ2n) is 3.96. The Kier molecular flexibility index (Phi) is 8.35. The van der Waals surface area contributed by atoms with Crippen molar-refractivity contribution in [3.8, 4) is 11.5 Å². The summed E-state index contributed by atoms with van der Waals surface area (Å²) in [5.41, 5.74) is 1.07. The minimum Gasteiger partial charge on any atom is -0.504 e. The number of alkyl halides is 1. The molecule has 0 radical (unpaired) electrons. The molecule has 0 saturated carbocycles. The first-order chi connectivity index (χ1) is 9.12. The molecule has 108 valence electrons. The highest BCUT2D eigenvalue weighted by Gasteiger charge is 2.14. The van der Waals surface area contributed by atoms with E-state index in [9.17, 15) is 5.11 Å². The van der Waals surface area contributed by atoms with Gasteiger partial charge in [0.2, 0.25) is 0 Å². The van der Waals surface area contributed by atoms with Crippen molar-refractivity contribution < 1.29 is 19.3 Å². The van der Waals surface area contributed by atoms with Crippen LogP contribution in [0.1, 0.15) is 5.56 Å². The zero-order valence-corrected chi connectivity index (χ0v) is 15.3. The molecule has 0 amide bonds. The fraction of sp³-hybridized carbons (Fsp3) is 0.538. The van der Waals surface area contributed by atoms with Crippen LogP contribution in [-0.2, 0) is 15.9 Å². The van der Waals surface area contributed by atoms with Crippen LogP contribution >= 0.6 is 45.2 Å². The summed E-state index contributed by atoms with van der Waals surface area (Å²) < 4.78 is 17.8. The topological polar surface area (TPSA) is 47.9 Å². The molecule has 0 spiro atoms. The lowest BCUT2D eigenvalue weighted by molar-refractivity contribution is 0.0302. The van der Waals surface area contributed by atoms with Gasteiger partial charge in [0.05, 0.1) is 26.4 Å². The van der Waals surface area contributed by atoms with Crippen molar-refractivity contribution >= 4 is 45.2 Å². The van der Waals surface area contributed by atoms with E-state index in [4.69, 9.17) is 14.2 Å². The Morgan fingerprint density at radius 1 is 1.26 bits per heavy atom. The predicted molar refractivity (Wildman–Crippen MR) is 91.6 cm³/mol. The summed E-state index contributed by atoms with van der Waals surface area (Å²) in [4.78, 5) is 0. The number of ether oxygens (including phenoxy) is 3. The number of phenolic OH excluding ortho intramolecular Hbond substituents is 1. The van der Waals surface area contributed by atoms with E-state index in [2.05, 4.69) is 45.2 Å². The molecular weight excluding hydrogens is 474 g/mol. The molecule has 0 aromatic heterocycles. The minimum absolute atomic E-state index is 0.122. The second-order valence-corrected chi connectivity index (χ2v) is 6.00. The summed E-state index contributed by atoms with van der Waals surface area (Å²) in [7, 11) is 3.21. The first kappa shape index (κ1) is 17.3. The Morgan fingerprint density at radius 2 is 2.00 bits per heavy atom. The van der Waals surface area contributed by atoms with E-state index in [-0.39, 0.29) is 11.9 Å². The molecule has 0 aliphatic carbocycles. The molecule has 1 atom stereocenters. The molecule has 1 aromatic rings. The third-order valence-corrected chi connectivity index (χ3v) is 4.60. The quantitative estimate of drug-likeness (QED) is 0.345. The van der Waals surface area contributed by atoms with Crippen molar-refractivity contribution in [2.75, 3.05) is 31.9 Å². The number of hydrogen-bond acceptors (Lipinski definition) is 4. The SMILES string of the molecule is COCCOC(CI)Cc1cc(O)c(OC)cc1I. The second kappa shape index (κ2) is 9.19. The van der Waals surface area contributed by atoms with E-state index in [1.54, 1.807) is 20.3 Å². The monoisotopic (exact) mass is 492 g/mol. The molecule has 4 nitrogen and oxygen atoms in total. The molecule has 19 heavy (non-hydrogen) atoms. The smallest absolute Gasteiger partial charge is 0.161 e. The summed E-state index contributed by atoms with van der Waals surface area (Å²) in [6.07, 6.45) is 0.889. The van der Waals surface area contributed by atoms with Gasteiger partial charge in [-0.1, -0.05) is 22.6 Å². The molecule has 0 fully saturated rings. The number of methoxy groups -OCH3 is 2. The molecule has 0 aliphatic heterocycles. The zero-order chi connectivity index (χ0) is 14.3. The fourth-order valence-corrected chi connectivity index (χ4v) is 2.83. The average Bonchev–Trinajstić information content (AvgIpc) is 2.41. The van der Waals surface area contributed by atoms with Gasteiger partial charge in [0.1, 0.15) is 0 Å². The molecule has 1 aromatic carbocycles. The number of benzene rings is 1. The van der Waals surface area contributed by atoms with Crippen LogP contribution in [0.3, 0.4) is 0 Å². The molecule has 0 saturated heterocycles. The van der Waals surface area contributed by atoms with Gasteiger partial charge in [0.25, 0.3) is 0 Å². The molecular formula is C13H18I2O4. The fourth-order valence-electron chi connectivity index (χ4n) is 1.61. The van der Waals surface area contributed by atoms with E-state index < -0.39 is 0 Å². The molecule has 0 bridgehead atoms. The highest BCUT2D eigenvalue weighted by molar-refractivity contribution is 14.1. The molecule has 0 heterocycles. The van der Waals surface area contributed by atoms with Crippen LogP contribution < -0.4 is 4.74 Å². The van der Waals surface area contributed by atoms with Crippen molar-refractivity contribution in [1.82, 2.24) is 0 Å². The summed E-state index contributed by atoms with van der Waals surface area (Å²) in [5.74, 6) is 0.668. The Labute approximate surface area is 141 Å². The van der Waals surface area contributed by atoms with Gasteiger partial charge in [-0.15, -0.1) is 0 Å². The zero-order valence-electron chi connectivity index (χ0n) is 11.0. The highest BCUT2D eigenvalue weighted by atomic mass is 127. The molecule has 0 aliphatic rings. The van der Waals surface area contributed by atoms with Gasteiger partial charge in [-0.25, -0.2) is 0 Å². The van der Waals surface area contributed by atoms with E-state index in [1.165, 1.54) is 0 Å². The molecule has 1 rings (SSSR count). The maximum Gasteiger partial charge on any atom is 0.161 e. The Balaban J connectivity index is 2.71. The van der Waals surface area contributed by atoms with Crippen LogP contribution in [0.25, 0.3) is 0 Å². The average molecular weight is 492 g/mol. The van der Waals surface area contributed by atoms with Gasteiger partial charge in [-0.05, 0) is 40.3 Å². The molecule has 1 N–H and O–H groups in total. The largest absolute Gasteiger partial charge is 0.504 e. The van der Waals surface area contributed by atoms with Crippen molar-refractivity contribution in [2.45, 2.75) is 12.5 Å². The standard InChI is InChI=1S/C13H18I2O4/c1-17-3-4-19-10(8-14)5-9-6-12(16)13(18-2)7-11(9)15/h6-7,10,16H,3-5,8H2,1-2H3.